The zero-order valence-corrected chi connectivity index (χ0v) is 21.5. The summed E-state index contributed by atoms with van der Waals surface area (Å²) in [6.45, 7) is 5.71. The summed E-state index contributed by atoms with van der Waals surface area (Å²) in [5.41, 5.74) is 0.913. The number of halogens is 3. The number of ether oxygens (including phenoxy) is 1. The zero-order chi connectivity index (χ0) is 28.2. The molecule has 0 saturated heterocycles. The number of anilines is 2. The molecule has 4 aromatic rings. The maximum absolute atomic E-state index is 13.2. The highest BCUT2D eigenvalue weighted by molar-refractivity contribution is 5.94. The van der Waals surface area contributed by atoms with E-state index in [-0.39, 0.29) is 24.9 Å². The minimum absolute atomic E-state index is 0.211. The number of nitrogens with zero attached hydrogens (tertiary/aromatic N) is 3. The molecule has 0 aliphatic carbocycles. The summed E-state index contributed by atoms with van der Waals surface area (Å²) in [4.78, 5) is 28.5. The van der Waals surface area contributed by atoms with Crippen molar-refractivity contribution in [3.8, 4) is 11.1 Å². The third kappa shape index (κ3) is 7.24. The average molecular weight is 541 g/mol. The molecule has 0 bridgehead atoms. The first-order chi connectivity index (χ1) is 18.4. The number of amides is 2. The molecular weight excluding hydrogens is 513 g/mol. The molecule has 2 aromatic carbocycles. The summed E-state index contributed by atoms with van der Waals surface area (Å²) in [5, 5.41) is 12.7. The molecule has 2 aromatic heterocycles. The Labute approximate surface area is 222 Å². The van der Waals surface area contributed by atoms with Gasteiger partial charge in [0, 0.05) is 36.1 Å². The van der Waals surface area contributed by atoms with Crippen LogP contribution >= 0.6 is 0 Å². The van der Waals surface area contributed by atoms with Crippen molar-refractivity contribution in [1.82, 2.24) is 25.2 Å². The van der Waals surface area contributed by atoms with E-state index in [1.54, 1.807) is 69.4 Å². The number of benzene rings is 2. The fourth-order valence-electron chi connectivity index (χ4n) is 3.64. The van der Waals surface area contributed by atoms with E-state index in [4.69, 9.17) is 4.74 Å². The van der Waals surface area contributed by atoms with Crippen LogP contribution in [0.4, 0.5) is 29.6 Å². The summed E-state index contributed by atoms with van der Waals surface area (Å²) in [6.07, 6.45) is -3.37. The van der Waals surface area contributed by atoms with Crippen molar-refractivity contribution in [1.29, 1.82) is 0 Å². The Kier molecular flexibility index (Phi) is 7.75. The molecule has 9 nitrogen and oxygen atoms in total. The van der Waals surface area contributed by atoms with Crippen molar-refractivity contribution in [2.24, 2.45) is 0 Å². The van der Waals surface area contributed by atoms with Crippen LogP contribution in [0.15, 0.2) is 66.9 Å². The van der Waals surface area contributed by atoms with Crippen LogP contribution in [0.2, 0.25) is 0 Å². The van der Waals surface area contributed by atoms with Gasteiger partial charge in [-0.25, -0.2) is 9.31 Å². The van der Waals surface area contributed by atoms with Gasteiger partial charge < -0.3 is 20.7 Å². The number of aromatic nitrogens is 3. The highest BCUT2D eigenvalue weighted by Crippen LogP contribution is 2.33. The lowest BCUT2D eigenvalue weighted by Gasteiger charge is -2.19. The highest BCUT2D eigenvalue weighted by atomic mass is 19.4. The van der Waals surface area contributed by atoms with Crippen molar-refractivity contribution in [3.63, 3.8) is 0 Å². The maximum atomic E-state index is 13.2. The van der Waals surface area contributed by atoms with Gasteiger partial charge in [0.15, 0.2) is 5.65 Å². The standard InChI is InChI=1S/C27H27F3N6O3/c1-26(2,3)39-25(38)32-14-13-31-23(37)17-9-11-20(12-10-17)33-24-34-22-21(8-5-15-36(22)35-24)18-6-4-7-19(16-18)27(28,29)30/h4-12,15-16H,13-14H2,1-3H3,(H,31,37)(H,32,38)(H,33,35). The quantitative estimate of drug-likeness (QED) is 0.270. The van der Waals surface area contributed by atoms with E-state index in [2.05, 4.69) is 26.0 Å². The summed E-state index contributed by atoms with van der Waals surface area (Å²) < 4.78 is 46.2. The Bertz CT molecular complexity index is 1480. The number of alkyl halides is 3. The van der Waals surface area contributed by atoms with Crippen molar-refractivity contribution in [2.45, 2.75) is 32.5 Å². The molecule has 2 amide bonds. The smallest absolute Gasteiger partial charge is 0.416 e. The van der Waals surface area contributed by atoms with Gasteiger partial charge in [-0.05, 0) is 74.9 Å². The van der Waals surface area contributed by atoms with Crippen molar-refractivity contribution in [3.05, 3.63) is 78.0 Å². The Hall–Kier alpha value is -4.61. The van der Waals surface area contributed by atoms with Crippen LogP contribution in [0.5, 0.6) is 0 Å². The normalized spacial score (nSPS) is 11.7. The van der Waals surface area contributed by atoms with E-state index in [0.29, 0.717) is 28.0 Å². The largest absolute Gasteiger partial charge is 0.444 e. The van der Waals surface area contributed by atoms with Gasteiger partial charge in [-0.3, -0.25) is 4.79 Å². The first-order valence-electron chi connectivity index (χ1n) is 12.0. The van der Waals surface area contributed by atoms with Gasteiger partial charge >= 0.3 is 12.3 Å². The van der Waals surface area contributed by atoms with Gasteiger partial charge in [-0.1, -0.05) is 12.1 Å². The summed E-state index contributed by atoms with van der Waals surface area (Å²) in [6, 6.07) is 15.0. The molecule has 204 valence electrons. The lowest BCUT2D eigenvalue weighted by atomic mass is 10.0. The summed E-state index contributed by atoms with van der Waals surface area (Å²) in [5.74, 6) is -0.0797. The molecule has 4 rings (SSSR count). The first kappa shape index (κ1) is 27.4. The minimum atomic E-state index is -4.46. The van der Waals surface area contributed by atoms with Crippen LogP contribution in [0.1, 0.15) is 36.7 Å². The van der Waals surface area contributed by atoms with Gasteiger partial charge in [0.1, 0.15) is 5.60 Å². The predicted molar refractivity (Wildman–Crippen MR) is 140 cm³/mol. The van der Waals surface area contributed by atoms with Crippen LogP contribution in [0.3, 0.4) is 0 Å². The topological polar surface area (TPSA) is 110 Å². The molecule has 12 heteroatoms. The summed E-state index contributed by atoms with van der Waals surface area (Å²) in [7, 11) is 0. The van der Waals surface area contributed by atoms with Crippen molar-refractivity contribution in [2.75, 3.05) is 18.4 Å². The van der Waals surface area contributed by atoms with Gasteiger partial charge in [-0.15, -0.1) is 5.10 Å². The monoisotopic (exact) mass is 540 g/mol. The number of rotatable bonds is 7. The minimum Gasteiger partial charge on any atom is -0.444 e. The van der Waals surface area contributed by atoms with Crippen molar-refractivity contribution < 1.29 is 27.5 Å². The Morgan fingerprint density at radius 3 is 2.36 bits per heavy atom. The fraction of sp³-hybridized carbons (Fsp3) is 0.259. The third-order valence-corrected chi connectivity index (χ3v) is 5.35. The van der Waals surface area contributed by atoms with Crippen LogP contribution in [0, 0.1) is 0 Å². The number of pyridine rings is 1. The van der Waals surface area contributed by atoms with Crippen LogP contribution in [-0.2, 0) is 10.9 Å². The van der Waals surface area contributed by atoms with E-state index >= 15 is 0 Å². The van der Waals surface area contributed by atoms with E-state index in [1.165, 1.54) is 10.6 Å². The molecule has 2 heterocycles. The van der Waals surface area contributed by atoms with Gasteiger partial charge in [0.25, 0.3) is 5.91 Å². The number of carbonyl (C=O) groups is 2. The molecule has 0 atom stereocenters. The molecule has 0 aliphatic rings. The zero-order valence-electron chi connectivity index (χ0n) is 21.5. The second-order valence-electron chi connectivity index (χ2n) is 9.59. The number of alkyl carbamates (subject to hydrolysis) is 1. The molecule has 0 radical (unpaired) electrons. The number of hydrogen-bond acceptors (Lipinski definition) is 6. The average Bonchev–Trinajstić information content (AvgIpc) is 3.28. The second-order valence-corrected chi connectivity index (χ2v) is 9.59. The van der Waals surface area contributed by atoms with E-state index in [0.717, 1.165) is 12.1 Å². The Balaban J connectivity index is 1.39. The highest BCUT2D eigenvalue weighted by Gasteiger charge is 2.30. The molecular formula is C27H27F3N6O3. The van der Waals surface area contributed by atoms with E-state index in [9.17, 15) is 22.8 Å². The predicted octanol–water partition coefficient (Wildman–Crippen LogP) is 5.41. The van der Waals surface area contributed by atoms with Crippen LogP contribution in [-0.4, -0.2) is 45.3 Å². The number of hydrogen-bond donors (Lipinski definition) is 3. The number of fused-ring (bicyclic) bond motifs is 1. The first-order valence-corrected chi connectivity index (χ1v) is 12.0. The maximum Gasteiger partial charge on any atom is 0.416 e. The molecule has 0 saturated carbocycles. The fourth-order valence-corrected chi connectivity index (χ4v) is 3.64. The molecule has 0 aliphatic heterocycles. The van der Waals surface area contributed by atoms with E-state index < -0.39 is 23.4 Å². The second kappa shape index (κ2) is 11.0. The van der Waals surface area contributed by atoms with E-state index in [1.807, 2.05) is 0 Å². The van der Waals surface area contributed by atoms with Gasteiger partial charge in [0.2, 0.25) is 5.95 Å². The number of nitrogens with one attached hydrogen (secondary N) is 3. The van der Waals surface area contributed by atoms with Crippen LogP contribution in [0.25, 0.3) is 16.8 Å². The molecule has 0 spiro atoms. The Morgan fingerprint density at radius 2 is 1.67 bits per heavy atom. The van der Waals surface area contributed by atoms with Gasteiger partial charge in [-0.2, -0.15) is 18.2 Å². The van der Waals surface area contributed by atoms with Crippen LogP contribution < -0.4 is 16.0 Å². The molecule has 0 unspecified atom stereocenters. The van der Waals surface area contributed by atoms with Gasteiger partial charge in [0.05, 0.1) is 5.56 Å². The SMILES string of the molecule is CC(C)(C)OC(=O)NCCNC(=O)c1ccc(Nc2nc3c(-c4cccc(C(F)(F)F)c4)cccn3n2)cc1. The molecule has 3 N–H and O–H groups in total. The Morgan fingerprint density at radius 1 is 0.949 bits per heavy atom. The van der Waals surface area contributed by atoms with Crippen molar-refractivity contribution >= 4 is 29.3 Å². The lowest BCUT2D eigenvalue weighted by Crippen LogP contribution is -2.37. The molecule has 39 heavy (non-hydrogen) atoms. The number of carbonyl (C=O) groups excluding carboxylic acids is 2. The molecule has 0 fully saturated rings. The third-order valence-electron chi connectivity index (χ3n) is 5.35. The summed E-state index contributed by atoms with van der Waals surface area (Å²) >= 11 is 0. The lowest BCUT2D eigenvalue weighted by molar-refractivity contribution is -0.137.